The van der Waals surface area contributed by atoms with Gasteiger partial charge in [0.05, 0.1) is 16.9 Å². The SMILES string of the molecule is CNc1cc(C=O)c(C(F)(F)F)cc1N. The summed E-state index contributed by atoms with van der Waals surface area (Å²) in [5.74, 6) is 0. The summed E-state index contributed by atoms with van der Waals surface area (Å²) in [4.78, 5) is 10.5. The van der Waals surface area contributed by atoms with E-state index in [1.54, 1.807) is 0 Å². The van der Waals surface area contributed by atoms with E-state index >= 15 is 0 Å². The first-order chi connectivity index (χ1) is 6.90. The molecule has 0 amide bonds. The number of hydrogen-bond acceptors (Lipinski definition) is 3. The number of rotatable bonds is 2. The van der Waals surface area contributed by atoms with Crippen LogP contribution in [0.2, 0.25) is 0 Å². The second kappa shape index (κ2) is 3.80. The third kappa shape index (κ3) is 2.20. The highest BCUT2D eigenvalue weighted by molar-refractivity contribution is 5.83. The minimum Gasteiger partial charge on any atom is -0.397 e. The maximum atomic E-state index is 12.4. The molecule has 1 aromatic carbocycles. The predicted molar refractivity (Wildman–Crippen MR) is 50.8 cm³/mol. The van der Waals surface area contributed by atoms with E-state index in [-0.39, 0.29) is 12.0 Å². The van der Waals surface area contributed by atoms with Crippen LogP contribution in [0.3, 0.4) is 0 Å². The highest BCUT2D eigenvalue weighted by Crippen LogP contribution is 2.35. The first kappa shape index (κ1) is 11.4. The van der Waals surface area contributed by atoms with E-state index in [9.17, 15) is 18.0 Å². The molecule has 0 heterocycles. The van der Waals surface area contributed by atoms with Crippen LogP contribution in [0.15, 0.2) is 12.1 Å². The molecule has 1 rings (SSSR count). The van der Waals surface area contributed by atoms with Gasteiger partial charge in [0.1, 0.15) is 0 Å². The lowest BCUT2D eigenvalue weighted by Gasteiger charge is -2.13. The van der Waals surface area contributed by atoms with Crippen molar-refractivity contribution >= 4 is 17.7 Å². The van der Waals surface area contributed by atoms with E-state index in [2.05, 4.69) is 5.32 Å². The van der Waals surface area contributed by atoms with E-state index in [1.165, 1.54) is 7.05 Å². The van der Waals surface area contributed by atoms with Crippen LogP contribution in [0.5, 0.6) is 0 Å². The number of aldehydes is 1. The van der Waals surface area contributed by atoms with E-state index in [0.29, 0.717) is 5.69 Å². The number of benzene rings is 1. The van der Waals surface area contributed by atoms with Crippen molar-refractivity contribution in [2.24, 2.45) is 0 Å². The topological polar surface area (TPSA) is 55.1 Å². The summed E-state index contributed by atoms with van der Waals surface area (Å²) in [5, 5.41) is 2.60. The van der Waals surface area contributed by atoms with Gasteiger partial charge in [-0.15, -0.1) is 0 Å². The van der Waals surface area contributed by atoms with Gasteiger partial charge >= 0.3 is 6.18 Å². The number of nitrogen functional groups attached to an aromatic ring is 1. The molecule has 6 heteroatoms. The Balaban J connectivity index is 3.41. The molecule has 0 spiro atoms. The van der Waals surface area contributed by atoms with Gasteiger partial charge in [0.25, 0.3) is 0 Å². The number of hydrogen-bond donors (Lipinski definition) is 2. The number of carbonyl (C=O) groups excluding carboxylic acids is 1. The van der Waals surface area contributed by atoms with Gasteiger partial charge in [0.15, 0.2) is 6.29 Å². The second-order valence-electron chi connectivity index (χ2n) is 2.89. The molecule has 0 aromatic heterocycles. The molecule has 0 saturated heterocycles. The molecule has 0 aliphatic heterocycles. The van der Waals surface area contributed by atoms with Crippen LogP contribution in [0.1, 0.15) is 15.9 Å². The molecular weight excluding hydrogens is 209 g/mol. The molecule has 0 aliphatic carbocycles. The second-order valence-corrected chi connectivity index (χ2v) is 2.89. The Kier molecular flexibility index (Phi) is 2.88. The molecule has 0 atom stereocenters. The average molecular weight is 218 g/mol. The number of anilines is 2. The lowest BCUT2D eigenvalue weighted by atomic mass is 10.1. The third-order valence-electron chi connectivity index (χ3n) is 1.92. The van der Waals surface area contributed by atoms with Crippen molar-refractivity contribution in [1.82, 2.24) is 0 Å². The zero-order chi connectivity index (χ0) is 11.6. The van der Waals surface area contributed by atoms with Gasteiger partial charge in [-0.2, -0.15) is 13.2 Å². The molecule has 0 fully saturated rings. The Morgan fingerprint density at radius 1 is 1.40 bits per heavy atom. The molecule has 0 radical (unpaired) electrons. The standard InChI is InChI=1S/C9H9F3N2O/c1-14-8-2-5(4-15)6(3-7(8)13)9(10,11)12/h2-4,14H,13H2,1H3. The van der Waals surface area contributed by atoms with Crippen molar-refractivity contribution in [1.29, 1.82) is 0 Å². The maximum Gasteiger partial charge on any atom is 0.417 e. The predicted octanol–water partition coefficient (Wildman–Crippen LogP) is 2.14. The first-order valence-electron chi connectivity index (χ1n) is 4.03. The quantitative estimate of drug-likeness (QED) is 0.590. The van der Waals surface area contributed by atoms with E-state index in [4.69, 9.17) is 5.73 Å². The van der Waals surface area contributed by atoms with Gasteiger partial charge in [0.2, 0.25) is 0 Å². The van der Waals surface area contributed by atoms with Crippen LogP contribution >= 0.6 is 0 Å². The van der Waals surface area contributed by atoms with Crippen LogP contribution in [0, 0.1) is 0 Å². The Bertz CT molecular complexity index is 388. The molecule has 82 valence electrons. The van der Waals surface area contributed by atoms with Crippen molar-refractivity contribution in [3.8, 4) is 0 Å². The Hall–Kier alpha value is -1.72. The number of nitrogens with two attached hydrogens (primary N) is 1. The van der Waals surface area contributed by atoms with Crippen LogP contribution in [0.25, 0.3) is 0 Å². The third-order valence-corrected chi connectivity index (χ3v) is 1.92. The fourth-order valence-corrected chi connectivity index (χ4v) is 1.19. The average Bonchev–Trinajstić information content (AvgIpc) is 2.16. The number of halogens is 3. The molecule has 15 heavy (non-hydrogen) atoms. The van der Waals surface area contributed by atoms with Crippen molar-refractivity contribution in [2.45, 2.75) is 6.18 Å². The van der Waals surface area contributed by atoms with Crippen LogP contribution in [-0.4, -0.2) is 13.3 Å². The van der Waals surface area contributed by atoms with Crippen molar-refractivity contribution in [2.75, 3.05) is 18.1 Å². The van der Waals surface area contributed by atoms with Crippen LogP contribution in [0.4, 0.5) is 24.5 Å². The molecule has 1 aromatic rings. The summed E-state index contributed by atoms with van der Waals surface area (Å²) < 4.78 is 37.2. The molecule has 3 nitrogen and oxygen atoms in total. The van der Waals surface area contributed by atoms with Gasteiger partial charge in [-0.05, 0) is 12.1 Å². The van der Waals surface area contributed by atoms with Gasteiger partial charge in [-0.1, -0.05) is 0 Å². The Morgan fingerprint density at radius 2 is 2.00 bits per heavy atom. The first-order valence-corrected chi connectivity index (χ1v) is 4.03. The summed E-state index contributed by atoms with van der Waals surface area (Å²) in [6.07, 6.45) is -4.42. The monoisotopic (exact) mass is 218 g/mol. The molecule has 3 N–H and O–H groups in total. The zero-order valence-corrected chi connectivity index (χ0v) is 7.85. The lowest BCUT2D eigenvalue weighted by molar-refractivity contribution is -0.137. The minimum atomic E-state index is -4.57. The number of alkyl halides is 3. The van der Waals surface area contributed by atoms with E-state index in [0.717, 1.165) is 12.1 Å². The summed E-state index contributed by atoms with van der Waals surface area (Å²) in [6, 6.07) is 1.82. The highest BCUT2D eigenvalue weighted by Gasteiger charge is 2.34. The van der Waals surface area contributed by atoms with Crippen molar-refractivity contribution in [3.05, 3.63) is 23.3 Å². The van der Waals surface area contributed by atoms with Gasteiger partial charge in [0, 0.05) is 12.6 Å². The Labute approximate surface area is 84.1 Å². The van der Waals surface area contributed by atoms with Crippen molar-refractivity contribution in [3.63, 3.8) is 0 Å². The summed E-state index contributed by atoms with van der Waals surface area (Å²) in [6.45, 7) is 0. The molecule has 0 saturated carbocycles. The normalized spacial score (nSPS) is 11.2. The van der Waals surface area contributed by atoms with Gasteiger partial charge in [-0.25, -0.2) is 0 Å². The highest BCUT2D eigenvalue weighted by atomic mass is 19.4. The number of carbonyl (C=O) groups is 1. The fraction of sp³-hybridized carbons (Fsp3) is 0.222. The van der Waals surface area contributed by atoms with E-state index in [1.807, 2.05) is 0 Å². The molecule has 0 aliphatic rings. The summed E-state index contributed by atoms with van der Waals surface area (Å²) in [7, 11) is 1.51. The van der Waals surface area contributed by atoms with Crippen LogP contribution in [-0.2, 0) is 6.18 Å². The smallest absolute Gasteiger partial charge is 0.397 e. The Morgan fingerprint density at radius 3 is 2.40 bits per heavy atom. The number of nitrogens with one attached hydrogen (secondary N) is 1. The van der Waals surface area contributed by atoms with Crippen LogP contribution < -0.4 is 11.1 Å². The maximum absolute atomic E-state index is 12.4. The fourth-order valence-electron chi connectivity index (χ4n) is 1.19. The van der Waals surface area contributed by atoms with Gasteiger partial charge < -0.3 is 11.1 Å². The zero-order valence-electron chi connectivity index (χ0n) is 7.85. The minimum absolute atomic E-state index is 0.0459. The summed E-state index contributed by atoms with van der Waals surface area (Å²) >= 11 is 0. The molecule has 0 unspecified atom stereocenters. The molecule has 0 bridgehead atoms. The summed E-state index contributed by atoms with van der Waals surface area (Å²) in [5.41, 5.74) is 4.18. The largest absolute Gasteiger partial charge is 0.417 e. The van der Waals surface area contributed by atoms with Crippen molar-refractivity contribution < 1.29 is 18.0 Å². The molecular formula is C9H9F3N2O. The van der Waals surface area contributed by atoms with E-state index < -0.39 is 17.3 Å². The van der Waals surface area contributed by atoms with Gasteiger partial charge in [-0.3, -0.25) is 4.79 Å². The lowest BCUT2D eigenvalue weighted by Crippen LogP contribution is -2.11.